The van der Waals surface area contributed by atoms with Crippen molar-refractivity contribution in [2.45, 2.75) is 6.30 Å². The van der Waals surface area contributed by atoms with Crippen molar-refractivity contribution in [3.63, 3.8) is 0 Å². The first-order chi connectivity index (χ1) is 7.72. The lowest BCUT2D eigenvalue weighted by Gasteiger charge is -2.09. The summed E-state index contributed by atoms with van der Waals surface area (Å²) in [5.74, 6) is 0. The Morgan fingerprint density at radius 1 is 1.06 bits per heavy atom. The minimum Gasteiger partial charge on any atom is -0.286 e. The number of nitrogens with zero attached hydrogens (tertiary/aromatic N) is 2. The zero-order valence-electron chi connectivity index (χ0n) is 7.89. The molecule has 0 amide bonds. The minimum atomic E-state index is -5.00. The fraction of sp³-hybridized carbons (Fsp3) is 0.143. The number of halogens is 3. The second-order valence-corrected chi connectivity index (χ2v) is 2.81. The maximum atomic E-state index is 12.1. The molecule has 10 heteroatoms. The molecular weight excluding hydrogens is 247 g/mol. The Bertz CT molecular complexity index is 442. The van der Waals surface area contributed by atoms with Crippen LogP contribution in [0.3, 0.4) is 0 Å². The quantitative estimate of drug-likeness (QED) is 0.505. The topological polar surface area (TPSA) is 98.3 Å². The van der Waals surface area contributed by atoms with Crippen LogP contribution in [-0.2, 0) is 0 Å². The molecule has 0 heterocycles. The Kier molecular flexibility index (Phi) is 3.16. The van der Waals surface area contributed by atoms with Gasteiger partial charge in [0, 0.05) is 12.1 Å². The SMILES string of the molecule is O=[N+]([O-])c1cccc([N+](=O)[O-])c1NC(F)(F)F. The van der Waals surface area contributed by atoms with Gasteiger partial charge >= 0.3 is 6.30 Å². The summed E-state index contributed by atoms with van der Waals surface area (Å²) in [6.07, 6.45) is -5.00. The minimum absolute atomic E-state index is 0.737. The predicted molar refractivity (Wildman–Crippen MR) is 49.4 cm³/mol. The van der Waals surface area contributed by atoms with Crippen LogP contribution >= 0.6 is 0 Å². The van der Waals surface area contributed by atoms with Gasteiger partial charge in [-0.05, 0) is 6.07 Å². The highest BCUT2D eigenvalue weighted by molar-refractivity contribution is 5.73. The second-order valence-electron chi connectivity index (χ2n) is 2.81. The monoisotopic (exact) mass is 251 g/mol. The summed E-state index contributed by atoms with van der Waals surface area (Å²) in [5, 5.41) is 21.7. The molecule has 0 aliphatic carbocycles. The zero-order chi connectivity index (χ0) is 13.2. The summed E-state index contributed by atoms with van der Waals surface area (Å²) in [6, 6.07) is 2.40. The molecule has 1 N–H and O–H groups in total. The van der Waals surface area contributed by atoms with Crippen LogP contribution in [0.5, 0.6) is 0 Å². The standard InChI is InChI=1S/C7H4F3N3O4/c8-7(9,10)11-6-4(12(14)15)2-1-3-5(6)13(16)17/h1-3,11H. The number of nitrogens with one attached hydrogen (secondary N) is 1. The largest absolute Gasteiger partial charge is 0.482 e. The number of nitro benzene ring substituents is 2. The van der Waals surface area contributed by atoms with Gasteiger partial charge in [0.2, 0.25) is 0 Å². The van der Waals surface area contributed by atoms with Crippen LogP contribution in [0.4, 0.5) is 30.2 Å². The maximum Gasteiger partial charge on any atom is 0.482 e. The van der Waals surface area contributed by atoms with Crippen molar-refractivity contribution in [2.75, 3.05) is 5.32 Å². The predicted octanol–water partition coefficient (Wildman–Crippen LogP) is 2.43. The van der Waals surface area contributed by atoms with Crippen molar-refractivity contribution in [3.05, 3.63) is 38.4 Å². The zero-order valence-corrected chi connectivity index (χ0v) is 7.89. The van der Waals surface area contributed by atoms with Gasteiger partial charge in [-0.1, -0.05) is 0 Å². The lowest BCUT2D eigenvalue weighted by Crippen LogP contribution is -2.22. The number of hydrogen-bond donors (Lipinski definition) is 1. The Balaban J connectivity index is 3.39. The van der Waals surface area contributed by atoms with Crippen molar-refractivity contribution in [1.29, 1.82) is 0 Å². The summed E-state index contributed by atoms with van der Waals surface area (Å²) >= 11 is 0. The smallest absolute Gasteiger partial charge is 0.286 e. The van der Waals surface area contributed by atoms with Crippen molar-refractivity contribution < 1.29 is 23.0 Å². The summed E-state index contributed by atoms with van der Waals surface area (Å²) in [5.41, 5.74) is -3.22. The van der Waals surface area contributed by atoms with Gasteiger partial charge in [-0.3, -0.25) is 25.5 Å². The number of benzene rings is 1. The summed E-state index contributed by atoms with van der Waals surface area (Å²) in [7, 11) is 0. The molecule has 17 heavy (non-hydrogen) atoms. The lowest BCUT2D eigenvalue weighted by molar-refractivity contribution is -0.392. The summed E-state index contributed by atoms with van der Waals surface area (Å²) in [4.78, 5) is 18.6. The average Bonchev–Trinajstić information content (AvgIpc) is 2.14. The summed E-state index contributed by atoms with van der Waals surface area (Å²) in [6.45, 7) is 0. The van der Waals surface area contributed by atoms with Crippen LogP contribution in [-0.4, -0.2) is 16.1 Å². The van der Waals surface area contributed by atoms with Crippen LogP contribution in [0.2, 0.25) is 0 Å². The normalized spacial score (nSPS) is 11.0. The van der Waals surface area contributed by atoms with Gasteiger partial charge < -0.3 is 0 Å². The van der Waals surface area contributed by atoms with E-state index in [-0.39, 0.29) is 0 Å². The Labute approximate surface area is 91.1 Å². The van der Waals surface area contributed by atoms with E-state index in [4.69, 9.17) is 0 Å². The highest BCUT2D eigenvalue weighted by atomic mass is 19.4. The molecule has 0 saturated carbocycles. The van der Waals surface area contributed by atoms with E-state index in [1.165, 1.54) is 0 Å². The van der Waals surface area contributed by atoms with E-state index in [2.05, 4.69) is 0 Å². The van der Waals surface area contributed by atoms with E-state index in [9.17, 15) is 33.4 Å². The van der Waals surface area contributed by atoms with Crippen molar-refractivity contribution in [2.24, 2.45) is 0 Å². The fourth-order valence-corrected chi connectivity index (χ4v) is 1.10. The molecule has 7 nitrogen and oxygen atoms in total. The molecule has 0 aliphatic heterocycles. The third kappa shape index (κ3) is 3.03. The van der Waals surface area contributed by atoms with E-state index in [1.807, 2.05) is 0 Å². The molecule has 0 aliphatic rings. The van der Waals surface area contributed by atoms with Crippen LogP contribution in [0.1, 0.15) is 0 Å². The van der Waals surface area contributed by atoms with Gasteiger partial charge in [-0.2, -0.15) is 13.2 Å². The van der Waals surface area contributed by atoms with Gasteiger partial charge in [0.15, 0.2) is 5.69 Å². The highest BCUT2D eigenvalue weighted by Gasteiger charge is 2.35. The number of alkyl halides is 3. The molecule has 0 radical (unpaired) electrons. The molecule has 1 aromatic rings. The van der Waals surface area contributed by atoms with Crippen molar-refractivity contribution in [1.82, 2.24) is 0 Å². The third-order valence-corrected chi connectivity index (χ3v) is 1.68. The Morgan fingerprint density at radius 2 is 1.47 bits per heavy atom. The van der Waals surface area contributed by atoms with Gasteiger partial charge in [0.25, 0.3) is 11.4 Å². The van der Waals surface area contributed by atoms with E-state index in [1.54, 1.807) is 0 Å². The molecule has 0 unspecified atom stereocenters. The number of nitro groups is 2. The molecular formula is C7H4F3N3O4. The van der Waals surface area contributed by atoms with Crippen LogP contribution in [0.15, 0.2) is 18.2 Å². The van der Waals surface area contributed by atoms with E-state index in [0.717, 1.165) is 23.5 Å². The van der Waals surface area contributed by atoms with Crippen LogP contribution in [0.25, 0.3) is 0 Å². The van der Waals surface area contributed by atoms with Crippen molar-refractivity contribution in [3.8, 4) is 0 Å². The van der Waals surface area contributed by atoms with Crippen LogP contribution in [0, 0.1) is 20.2 Å². The average molecular weight is 251 g/mol. The maximum absolute atomic E-state index is 12.1. The van der Waals surface area contributed by atoms with E-state index in [0.29, 0.717) is 0 Å². The fourth-order valence-electron chi connectivity index (χ4n) is 1.10. The molecule has 0 fully saturated rings. The first-order valence-electron chi connectivity index (χ1n) is 3.99. The number of anilines is 1. The van der Waals surface area contributed by atoms with Gasteiger partial charge in [0.1, 0.15) is 0 Å². The molecule has 1 rings (SSSR count). The van der Waals surface area contributed by atoms with Gasteiger partial charge in [0.05, 0.1) is 9.85 Å². The van der Waals surface area contributed by atoms with Gasteiger partial charge in [-0.25, -0.2) is 0 Å². The van der Waals surface area contributed by atoms with E-state index < -0.39 is 33.2 Å². The number of para-hydroxylation sites is 1. The number of rotatable bonds is 3. The summed E-state index contributed by atoms with van der Waals surface area (Å²) < 4.78 is 36.2. The van der Waals surface area contributed by atoms with E-state index >= 15 is 0 Å². The lowest BCUT2D eigenvalue weighted by atomic mass is 10.2. The Morgan fingerprint density at radius 3 is 1.76 bits per heavy atom. The molecule has 0 spiro atoms. The first-order valence-corrected chi connectivity index (χ1v) is 3.99. The molecule has 0 aromatic heterocycles. The van der Waals surface area contributed by atoms with Crippen molar-refractivity contribution >= 4 is 17.1 Å². The van der Waals surface area contributed by atoms with Crippen LogP contribution < -0.4 is 5.32 Å². The number of hydrogen-bond acceptors (Lipinski definition) is 5. The molecule has 1 aromatic carbocycles. The molecule has 0 saturated heterocycles. The first kappa shape index (κ1) is 12.7. The third-order valence-electron chi connectivity index (χ3n) is 1.68. The second kappa shape index (κ2) is 4.23. The molecule has 0 atom stereocenters. The Hall–Kier alpha value is -2.39. The highest BCUT2D eigenvalue weighted by Crippen LogP contribution is 2.36. The molecule has 92 valence electrons. The van der Waals surface area contributed by atoms with Gasteiger partial charge in [-0.15, -0.1) is 0 Å². The molecule has 0 bridgehead atoms.